The first-order chi connectivity index (χ1) is 14.0. The molecule has 0 bridgehead atoms. The third kappa shape index (κ3) is 7.38. The first kappa shape index (κ1) is 22.1. The molecule has 0 aliphatic rings. The van der Waals surface area contributed by atoms with Gasteiger partial charge in [0.05, 0.1) is 13.2 Å². The van der Waals surface area contributed by atoms with E-state index in [9.17, 15) is 4.79 Å². The molecule has 154 valence electrons. The van der Waals surface area contributed by atoms with Crippen molar-refractivity contribution in [3.63, 3.8) is 0 Å². The maximum absolute atomic E-state index is 11.4. The third-order valence-electron chi connectivity index (χ3n) is 4.39. The van der Waals surface area contributed by atoms with Crippen LogP contribution in [0.15, 0.2) is 42.5 Å². The highest BCUT2D eigenvalue weighted by atomic mass is 16.5. The summed E-state index contributed by atoms with van der Waals surface area (Å²) in [6.45, 7) is 5.54. The number of amides is 1. The molecular weight excluding hydrogens is 368 g/mol. The first-order valence-corrected chi connectivity index (χ1v) is 9.69. The molecule has 0 aliphatic carbocycles. The topological polar surface area (TPSA) is 80.6 Å². The van der Waals surface area contributed by atoms with Crippen molar-refractivity contribution in [3.05, 3.63) is 53.6 Å². The second-order valence-corrected chi connectivity index (χ2v) is 6.83. The second kappa shape index (κ2) is 11.6. The Bertz CT molecular complexity index is 826. The van der Waals surface area contributed by atoms with Crippen LogP contribution in [-0.4, -0.2) is 32.8 Å². The van der Waals surface area contributed by atoms with Crippen molar-refractivity contribution in [1.29, 1.82) is 5.26 Å². The highest BCUT2D eigenvalue weighted by Crippen LogP contribution is 2.25. The van der Waals surface area contributed by atoms with Crippen LogP contribution in [0.25, 0.3) is 0 Å². The van der Waals surface area contributed by atoms with Crippen molar-refractivity contribution in [2.75, 3.05) is 26.9 Å². The van der Waals surface area contributed by atoms with Crippen LogP contribution >= 0.6 is 0 Å². The van der Waals surface area contributed by atoms with E-state index in [-0.39, 0.29) is 12.3 Å². The summed E-state index contributed by atoms with van der Waals surface area (Å²) in [6.07, 6.45) is 0.454. The number of nitrogens with zero attached hydrogens (tertiary/aromatic N) is 1. The van der Waals surface area contributed by atoms with Gasteiger partial charge in [0, 0.05) is 12.6 Å². The van der Waals surface area contributed by atoms with E-state index in [1.165, 1.54) is 5.56 Å². The van der Waals surface area contributed by atoms with Crippen LogP contribution in [0.4, 0.5) is 0 Å². The van der Waals surface area contributed by atoms with Gasteiger partial charge in [-0.3, -0.25) is 4.79 Å². The van der Waals surface area contributed by atoms with E-state index >= 15 is 0 Å². The van der Waals surface area contributed by atoms with Crippen LogP contribution in [0.1, 0.15) is 37.3 Å². The number of carbonyl (C=O) groups excluding carboxylic acids is 1. The number of carbonyl (C=O) groups is 1. The molecule has 2 aromatic rings. The fourth-order valence-corrected chi connectivity index (χ4v) is 2.73. The molecule has 0 saturated heterocycles. The van der Waals surface area contributed by atoms with Crippen LogP contribution in [0.2, 0.25) is 0 Å². The Balaban J connectivity index is 1.87. The van der Waals surface area contributed by atoms with Crippen LogP contribution in [0, 0.1) is 11.3 Å². The van der Waals surface area contributed by atoms with Gasteiger partial charge in [0.15, 0.2) is 0 Å². The third-order valence-corrected chi connectivity index (χ3v) is 4.39. The molecule has 0 aromatic heterocycles. The second-order valence-electron chi connectivity index (χ2n) is 6.83. The van der Waals surface area contributed by atoms with Crippen LogP contribution < -0.4 is 19.5 Å². The number of hydrogen-bond donors (Lipinski definition) is 1. The van der Waals surface area contributed by atoms with Crippen molar-refractivity contribution in [2.45, 2.75) is 32.6 Å². The number of rotatable bonds is 11. The zero-order chi connectivity index (χ0) is 21.1. The Morgan fingerprint density at radius 2 is 1.76 bits per heavy atom. The Morgan fingerprint density at radius 1 is 1.07 bits per heavy atom. The van der Waals surface area contributed by atoms with Crippen molar-refractivity contribution in [1.82, 2.24) is 5.32 Å². The SMILES string of the molecule is COc1ccc(CCNC(=O)CC#N)c(OCCOc2ccc(C(C)C)cc2)c1. The summed E-state index contributed by atoms with van der Waals surface area (Å²) in [5.41, 5.74) is 2.22. The molecule has 6 nitrogen and oxygen atoms in total. The maximum atomic E-state index is 11.4. The van der Waals surface area contributed by atoms with Gasteiger partial charge in [-0.25, -0.2) is 0 Å². The Kier molecular flexibility index (Phi) is 8.84. The van der Waals surface area contributed by atoms with E-state index < -0.39 is 0 Å². The quantitative estimate of drug-likeness (QED) is 0.584. The number of hydrogen-bond acceptors (Lipinski definition) is 5. The van der Waals surface area contributed by atoms with E-state index in [0.717, 1.165) is 11.3 Å². The largest absolute Gasteiger partial charge is 0.497 e. The highest BCUT2D eigenvalue weighted by molar-refractivity contribution is 5.77. The summed E-state index contributed by atoms with van der Waals surface area (Å²) in [4.78, 5) is 11.4. The molecule has 0 atom stereocenters. The minimum Gasteiger partial charge on any atom is -0.497 e. The molecule has 0 radical (unpaired) electrons. The monoisotopic (exact) mass is 396 g/mol. The van der Waals surface area contributed by atoms with Gasteiger partial charge < -0.3 is 19.5 Å². The Morgan fingerprint density at radius 3 is 2.41 bits per heavy atom. The van der Waals surface area contributed by atoms with Crippen LogP contribution in [0.3, 0.4) is 0 Å². The minimum absolute atomic E-state index is 0.137. The number of ether oxygens (including phenoxy) is 3. The molecule has 0 heterocycles. The fraction of sp³-hybridized carbons (Fsp3) is 0.391. The highest BCUT2D eigenvalue weighted by Gasteiger charge is 2.08. The Labute approximate surface area is 172 Å². The molecular formula is C23H28N2O4. The van der Waals surface area contributed by atoms with Gasteiger partial charge in [0.25, 0.3) is 0 Å². The summed E-state index contributed by atoms with van der Waals surface area (Å²) in [6, 6.07) is 15.5. The van der Waals surface area contributed by atoms with Crippen molar-refractivity contribution in [2.24, 2.45) is 0 Å². The predicted octanol–water partition coefficient (Wildman–Crippen LogP) is 3.85. The summed E-state index contributed by atoms with van der Waals surface area (Å²) < 4.78 is 16.9. The molecule has 0 unspecified atom stereocenters. The average molecular weight is 396 g/mol. The standard InChI is InChI=1S/C23H28N2O4/c1-17(2)18-4-7-20(8-5-18)28-14-15-29-22-16-21(27-3)9-6-19(22)11-13-25-23(26)10-12-24/h4-9,16-17H,10-11,13-15H2,1-3H3,(H,25,26). The predicted molar refractivity (Wildman–Crippen MR) is 111 cm³/mol. The lowest BCUT2D eigenvalue weighted by atomic mass is 10.0. The number of nitrogens with one attached hydrogen (secondary N) is 1. The van der Waals surface area contributed by atoms with Crippen LogP contribution in [0.5, 0.6) is 17.2 Å². The van der Waals surface area contributed by atoms with Gasteiger partial charge in [-0.2, -0.15) is 5.26 Å². The zero-order valence-electron chi connectivity index (χ0n) is 17.2. The van der Waals surface area contributed by atoms with Gasteiger partial charge in [0.2, 0.25) is 5.91 Å². The van der Waals surface area contributed by atoms with Crippen molar-refractivity contribution < 1.29 is 19.0 Å². The molecule has 29 heavy (non-hydrogen) atoms. The van der Waals surface area contributed by atoms with E-state index in [1.54, 1.807) is 7.11 Å². The molecule has 1 amide bonds. The van der Waals surface area contributed by atoms with Gasteiger partial charge in [-0.05, 0) is 41.7 Å². The van der Waals surface area contributed by atoms with Crippen LogP contribution in [-0.2, 0) is 11.2 Å². The maximum Gasteiger partial charge on any atom is 0.234 e. The van der Waals surface area contributed by atoms with Crippen molar-refractivity contribution in [3.8, 4) is 23.3 Å². The van der Waals surface area contributed by atoms with Crippen molar-refractivity contribution >= 4 is 5.91 Å². The molecule has 0 fully saturated rings. The fourth-order valence-electron chi connectivity index (χ4n) is 2.73. The van der Waals surface area contributed by atoms with E-state index in [0.29, 0.717) is 43.6 Å². The Hall–Kier alpha value is -3.20. The molecule has 1 N–H and O–H groups in total. The number of nitriles is 1. The van der Waals surface area contributed by atoms with Gasteiger partial charge >= 0.3 is 0 Å². The summed E-state index contributed by atoms with van der Waals surface area (Å²) >= 11 is 0. The number of methoxy groups -OCH3 is 1. The molecule has 0 aliphatic heterocycles. The normalized spacial score (nSPS) is 10.3. The lowest BCUT2D eigenvalue weighted by Crippen LogP contribution is -2.25. The average Bonchev–Trinajstić information content (AvgIpc) is 2.72. The van der Waals surface area contributed by atoms with E-state index in [2.05, 4.69) is 31.3 Å². The molecule has 2 rings (SSSR count). The summed E-state index contributed by atoms with van der Waals surface area (Å²) in [5, 5.41) is 11.3. The summed E-state index contributed by atoms with van der Waals surface area (Å²) in [5.74, 6) is 2.41. The summed E-state index contributed by atoms with van der Waals surface area (Å²) in [7, 11) is 1.60. The smallest absolute Gasteiger partial charge is 0.234 e. The molecule has 0 spiro atoms. The molecule has 2 aromatic carbocycles. The first-order valence-electron chi connectivity index (χ1n) is 9.69. The lowest BCUT2D eigenvalue weighted by Gasteiger charge is -2.14. The van der Waals surface area contributed by atoms with E-state index in [1.807, 2.05) is 36.4 Å². The van der Waals surface area contributed by atoms with Gasteiger partial charge in [0.1, 0.15) is 36.9 Å². The molecule has 6 heteroatoms. The zero-order valence-corrected chi connectivity index (χ0v) is 17.2. The molecule has 0 saturated carbocycles. The van der Waals surface area contributed by atoms with Gasteiger partial charge in [-0.15, -0.1) is 0 Å². The van der Waals surface area contributed by atoms with Gasteiger partial charge in [-0.1, -0.05) is 32.0 Å². The minimum atomic E-state index is -0.277. The number of benzene rings is 2. The lowest BCUT2D eigenvalue weighted by molar-refractivity contribution is -0.120. The van der Waals surface area contributed by atoms with E-state index in [4.69, 9.17) is 19.5 Å².